The number of aryl methyl sites for hydroxylation is 1. The SMILES string of the molecule is Cn1cc(Cl)c(CN(Cc2ccc(F)cc2Cl)C(=O)[C@H]2CCOC2)n1. The molecule has 2 aromatic rings. The molecule has 0 spiro atoms. The molecule has 0 N–H and O–H groups in total. The van der Waals surface area contributed by atoms with Gasteiger partial charge in [-0.05, 0) is 24.1 Å². The van der Waals surface area contributed by atoms with Crippen molar-refractivity contribution in [1.29, 1.82) is 0 Å². The topological polar surface area (TPSA) is 47.4 Å². The van der Waals surface area contributed by atoms with Gasteiger partial charge in [-0.1, -0.05) is 29.3 Å². The Morgan fingerprint density at radius 3 is 2.80 bits per heavy atom. The van der Waals surface area contributed by atoms with Crippen molar-refractivity contribution < 1.29 is 13.9 Å². The van der Waals surface area contributed by atoms with E-state index < -0.39 is 5.82 Å². The van der Waals surface area contributed by atoms with Gasteiger partial charge in [0.15, 0.2) is 0 Å². The molecule has 1 fully saturated rings. The Hall–Kier alpha value is -1.63. The van der Waals surface area contributed by atoms with Crippen LogP contribution in [-0.4, -0.2) is 33.8 Å². The van der Waals surface area contributed by atoms with Crippen LogP contribution < -0.4 is 0 Å². The summed E-state index contributed by atoms with van der Waals surface area (Å²) in [6, 6.07) is 4.16. The highest BCUT2D eigenvalue weighted by Crippen LogP contribution is 2.24. The highest BCUT2D eigenvalue weighted by atomic mass is 35.5. The summed E-state index contributed by atoms with van der Waals surface area (Å²) in [5.41, 5.74) is 1.28. The van der Waals surface area contributed by atoms with Crippen LogP contribution in [0.2, 0.25) is 10.0 Å². The Bertz CT molecular complexity index is 775. The average Bonchev–Trinajstić information content (AvgIpc) is 3.18. The quantitative estimate of drug-likeness (QED) is 0.791. The summed E-state index contributed by atoms with van der Waals surface area (Å²) in [7, 11) is 1.77. The second kappa shape index (κ2) is 7.72. The summed E-state index contributed by atoms with van der Waals surface area (Å²) in [5, 5.41) is 5.08. The van der Waals surface area contributed by atoms with Gasteiger partial charge in [0.2, 0.25) is 5.91 Å². The van der Waals surface area contributed by atoms with Gasteiger partial charge in [-0.2, -0.15) is 5.10 Å². The van der Waals surface area contributed by atoms with E-state index in [1.165, 1.54) is 12.1 Å². The zero-order chi connectivity index (χ0) is 18.0. The molecule has 1 amide bonds. The predicted molar refractivity (Wildman–Crippen MR) is 92.8 cm³/mol. The molecular weight excluding hydrogens is 368 g/mol. The van der Waals surface area contributed by atoms with Gasteiger partial charge >= 0.3 is 0 Å². The van der Waals surface area contributed by atoms with E-state index in [-0.39, 0.29) is 29.9 Å². The molecule has 0 unspecified atom stereocenters. The van der Waals surface area contributed by atoms with Gasteiger partial charge in [-0.3, -0.25) is 9.48 Å². The number of hydrogen-bond acceptors (Lipinski definition) is 3. The third kappa shape index (κ3) is 4.32. The number of amides is 1. The normalized spacial score (nSPS) is 17.0. The van der Waals surface area contributed by atoms with E-state index >= 15 is 0 Å². The van der Waals surface area contributed by atoms with Crippen LogP contribution in [-0.2, 0) is 29.7 Å². The molecule has 2 heterocycles. The van der Waals surface area contributed by atoms with Gasteiger partial charge in [0.05, 0.1) is 24.1 Å². The van der Waals surface area contributed by atoms with Crippen molar-refractivity contribution in [2.75, 3.05) is 13.2 Å². The van der Waals surface area contributed by atoms with E-state index in [0.717, 1.165) is 0 Å². The molecule has 0 saturated carbocycles. The predicted octanol–water partition coefficient (Wildman–Crippen LogP) is 3.43. The molecule has 25 heavy (non-hydrogen) atoms. The Morgan fingerprint density at radius 2 is 2.20 bits per heavy atom. The van der Waals surface area contributed by atoms with Crippen LogP contribution in [0.4, 0.5) is 4.39 Å². The molecule has 1 aromatic carbocycles. The minimum atomic E-state index is -0.413. The van der Waals surface area contributed by atoms with Crippen LogP contribution in [0.5, 0.6) is 0 Å². The molecular formula is C17H18Cl2FN3O2. The number of benzene rings is 1. The minimum Gasteiger partial charge on any atom is -0.381 e. The smallest absolute Gasteiger partial charge is 0.228 e. The maximum atomic E-state index is 13.3. The van der Waals surface area contributed by atoms with Gasteiger partial charge in [-0.25, -0.2) is 4.39 Å². The van der Waals surface area contributed by atoms with E-state index in [1.807, 2.05) is 0 Å². The molecule has 1 atom stereocenters. The lowest BCUT2D eigenvalue weighted by Gasteiger charge is -2.25. The summed E-state index contributed by atoms with van der Waals surface area (Å²) >= 11 is 12.3. The maximum Gasteiger partial charge on any atom is 0.228 e. The molecule has 0 radical (unpaired) electrons. The van der Waals surface area contributed by atoms with Crippen molar-refractivity contribution in [3.05, 3.63) is 51.5 Å². The standard InChI is InChI=1S/C17H18Cl2FN3O2/c1-22-8-15(19)16(21-22)9-23(17(24)12-4-5-25-10-12)7-11-2-3-13(20)6-14(11)18/h2-3,6,8,12H,4-5,7,9-10H2,1H3/t12-/m0/s1. The van der Waals surface area contributed by atoms with Crippen LogP contribution in [0.3, 0.4) is 0 Å². The van der Waals surface area contributed by atoms with Gasteiger partial charge in [0.25, 0.3) is 0 Å². The zero-order valence-corrected chi connectivity index (χ0v) is 15.2. The summed E-state index contributed by atoms with van der Waals surface area (Å²) in [4.78, 5) is 14.5. The number of hydrogen-bond donors (Lipinski definition) is 0. The Morgan fingerprint density at radius 1 is 1.40 bits per heavy atom. The molecule has 1 aliphatic rings. The van der Waals surface area contributed by atoms with Crippen molar-refractivity contribution in [3.63, 3.8) is 0 Å². The summed E-state index contributed by atoms with van der Waals surface area (Å²) in [5.74, 6) is -0.648. The van der Waals surface area contributed by atoms with E-state index in [9.17, 15) is 9.18 Å². The Kier molecular flexibility index (Phi) is 5.61. The molecule has 0 bridgehead atoms. The van der Waals surface area contributed by atoms with E-state index in [0.29, 0.717) is 35.9 Å². The molecule has 5 nitrogen and oxygen atoms in total. The number of aromatic nitrogens is 2. The van der Waals surface area contributed by atoms with Crippen molar-refractivity contribution in [1.82, 2.24) is 14.7 Å². The molecule has 1 aromatic heterocycles. The molecule has 134 valence electrons. The zero-order valence-electron chi connectivity index (χ0n) is 13.7. The number of halogens is 3. The van der Waals surface area contributed by atoms with Crippen molar-refractivity contribution in [2.45, 2.75) is 19.5 Å². The second-order valence-electron chi connectivity index (χ2n) is 6.09. The number of nitrogens with zero attached hydrogens (tertiary/aromatic N) is 3. The molecule has 1 aliphatic heterocycles. The van der Waals surface area contributed by atoms with Crippen LogP contribution >= 0.6 is 23.2 Å². The highest BCUT2D eigenvalue weighted by Gasteiger charge is 2.29. The largest absolute Gasteiger partial charge is 0.381 e. The lowest BCUT2D eigenvalue weighted by atomic mass is 10.1. The Balaban J connectivity index is 1.85. The lowest BCUT2D eigenvalue weighted by molar-refractivity contribution is -0.136. The fourth-order valence-corrected chi connectivity index (χ4v) is 3.31. The van der Waals surface area contributed by atoms with E-state index in [1.54, 1.807) is 28.9 Å². The fourth-order valence-electron chi connectivity index (χ4n) is 2.85. The summed E-state index contributed by atoms with van der Waals surface area (Å²) < 4.78 is 20.2. The van der Waals surface area contributed by atoms with Gasteiger partial charge in [-0.15, -0.1) is 0 Å². The number of ether oxygens (including phenoxy) is 1. The monoisotopic (exact) mass is 385 g/mol. The molecule has 3 rings (SSSR count). The number of rotatable bonds is 5. The van der Waals surface area contributed by atoms with Crippen molar-refractivity contribution in [2.24, 2.45) is 13.0 Å². The summed E-state index contributed by atoms with van der Waals surface area (Å²) in [6.07, 6.45) is 2.37. The van der Waals surface area contributed by atoms with Gasteiger partial charge in [0, 0.05) is 31.4 Å². The molecule has 8 heteroatoms. The Labute approximate surface area is 155 Å². The third-order valence-corrected chi connectivity index (χ3v) is 4.83. The van der Waals surface area contributed by atoms with Crippen LogP contribution in [0.15, 0.2) is 24.4 Å². The molecule has 1 saturated heterocycles. The van der Waals surface area contributed by atoms with Crippen LogP contribution in [0.25, 0.3) is 0 Å². The first-order chi connectivity index (χ1) is 11.9. The minimum absolute atomic E-state index is 0.0420. The fraction of sp³-hybridized carbons (Fsp3) is 0.412. The van der Waals surface area contributed by atoms with Crippen LogP contribution in [0, 0.1) is 11.7 Å². The average molecular weight is 386 g/mol. The first-order valence-electron chi connectivity index (χ1n) is 7.92. The highest BCUT2D eigenvalue weighted by molar-refractivity contribution is 6.31. The van der Waals surface area contributed by atoms with Gasteiger partial charge < -0.3 is 9.64 Å². The van der Waals surface area contributed by atoms with E-state index in [2.05, 4.69) is 5.10 Å². The van der Waals surface area contributed by atoms with Gasteiger partial charge in [0.1, 0.15) is 11.5 Å². The lowest BCUT2D eigenvalue weighted by Crippen LogP contribution is -2.36. The maximum absolute atomic E-state index is 13.3. The number of carbonyl (C=O) groups excluding carboxylic acids is 1. The number of carbonyl (C=O) groups is 1. The van der Waals surface area contributed by atoms with Crippen molar-refractivity contribution in [3.8, 4) is 0 Å². The van der Waals surface area contributed by atoms with E-state index in [4.69, 9.17) is 27.9 Å². The first-order valence-corrected chi connectivity index (χ1v) is 8.68. The summed E-state index contributed by atoms with van der Waals surface area (Å²) in [6.45, 7) is 1.48. The molecule has 0 aliphatic carbocycles. The van der Waals surface area contributed by atoms with Crippen molar-refractivity contribution >= 4 is 29.1 Å². The second-order valence-corrected chi connectivity index (χ2v) is 6.90. The third-order valence-electron chi connectivity index (χ3n) is 4.16. The van der Waals surface area contributed by atoms with Crippen LogP contribution in [0.1, 0.15) is 17.7 Å². The first kappa shape index (κ1) is 18.2.